The van der Waals surface area contributed by atoms with Crippen LogP contribution in [0.1, 0.15) is 12.2 Å². The summed E-state index contributed by atoms with van der Waals surface area (Å²) in [5.41, 5.74) is 5.54. The van der Waals surface area contributed by atoms with E-state index in [0.717, 1.165) is 0 Å². The number of aryl methyl sites for hydroxylation is 1. The second-order valence-electron chi connectivity index (χ2n) is 5.83. The first-order chi connectivity index (χ1) is 11.5. The number of carbonyl (C=O) groups excluding carboxylic acids is 2. The van der Waals surface area contributed by atoms with Gasteiger partial charge in [0.25, 0.3) is 0 Å². The van der Waals surface area contributed by atoms with Crippen molar-refractivity contribution in [1.29, 1.82) is 0 Å². The van der Waals surface area contributed by atoms with E-state index in [1.54, 1.807) is 25.0 Å². The second-order valence-corrected chi connectivity index (χ2v) is 5.83. The van der Waals surface area contributed by atoms with Crippen molar-refractivity contribution in [3.8, 4) is 0 Å². The number of nitrogens with one attached hydrogen (secondary N) is 1. The van der Waals surface area contributed by atoms with Gasteiger partial charge in [-0.3, -0.25) is 14.5 Å². The molecule has 2 rings (SSSR count). The highest BCUT2D eigenvalue weighted by molar-refractivity contribution is 5.91. The van der Waals surface area contributed by atoms with Crippen LogP contribution in [0, 0.1) is 6.92 Å². The Balaban J connectivity index is 1.72. The van der Waals surface area contributed by atoms with Gasteiger partial charge < -0.3 is 25.2 Å². The molecule has 3 N–H and O–H groups in total. The summed E-state index contributed by atoms with van der Waals surface area (Å²) in [4.78, 5) is 27.9. The molecule has 1 aromatic heterocycles. The quantitative estimate of drug-likeness (QED) is 0.684. The van der Waals surface area contributed by atoms with E-state index in [4.69, 9.17) is 15.0 Å². The van der Waals surface area contributed by atoms with Crippen molar-refractivity contribution in [2.45, 2.75) is 19.4 Å². The number of aromatic nitrogens is 1. The second kappa shape index (κ2) is 8.76. The molecule has 1 fully saturated rings. The van der Waals surface area contributed by atoms with E-state index >= 15 is 0 Å². The summed E-state index contributed by atoms with van der Waals surface area (Å²) in [7, 11) is 1.55. The monoisotopic (exact) mass is 339 g/mol. The molecule has 0 spiro atoms. The van der Waals surface area contributed by atoms with Crippen molar-refractivity contribution in [2.75, 3.05) is 51.7 Å². The predicted molar refractivity (Wildman–Crippen MR) is 87.4 cm³/mol. The lowest BCUT2D eigenvalue weighted by atomic mass is 10.2. The Morgan fingerprint density at radius 3 is 2.67 bits per heavy atom. The standard InChI is InChI=1S/C15H25N5O4/c1-11-7-13(18-24-11)17-14(21)10-19-3-5-20(6-4-19)15(22)8-12(9-16)23-2/h7,12H,3-6,8-10,16H2,1-2H3,(H,17,18,21). The molecule has 134 valence electrons. The van der Waals surface area contributed by atoms with Crippen molar-refractivity contribution in [1.82, 2.24) is 15.0 Å². The topological polar surface area (TPSA) is 114 Å². The summed E-state index contributed by atoms with van der Waals surface area (Å²) < 4.78 is 10.0. The molecule has 1 atom stereocenters. The van der Waals surface area contributed by atoms with Crippen molar-refractivity contribution in [3.63, 3.8) is 0 Å². The Labute approximate surface area is 141 Å². The molecule has 1 saturated heterocycles. The minimum atomic E-state index is -0.243. The third kappa shape index (κ3) is 5.29. The minimum Gasteiger partial charge on any atom is -0.380 e. The highest BCUT2D eigenvalue weighted by Gasteiger charge is 2.24. The predicted octanol–water partition coefficient (Wildman–Crippen LogP) is -0.570. The Kier molecular flexibility index (Phi) is 6.71. The summed E-state index contributed by atoms with van der Waals surface area (Å²) in [6, 6.07) is 1.66. The van der Waals surface area contributed by atoms with Gasteiger partial charge in [0.1, 0.15) is 5.76 Å². The van der Waals surface area contributed by atoms with Crippen LogP contribution in [0.2, 0.25) is 0 Å². The van der Waals surface area contributed by atoms with E-state index in [1.807, 2.05) is 4.90 Å². The summed E-state index contributed by atoms with van der Waals surface area (Å²) in [5, 5.41) is 6.42. The van der Waals surface area contributed by atoms with Gasteiger partial charge in [0.05, 0.1) is 19.1 Å². The lowest BCUT2D eigenvalue weighted by Gasteiger charge is -2.34. The van der Waals surface area contributed by atoms with Crippen LogP contribution in [-0.4, -0.2) is 79.3 Å². The number of nitrogens with zero attached hydrogens (tertiary/aromatic N) is 3. The largest absolute Gasteiger partial charge is 0.380 e. The number of carbonyl (C=O) groups is 2. The molecule has 0 bridgehead atoms. The van der Waals surface area contributed by atoms with Crippen molar-refractivity contribution in [2.24, 2.45) is 5.73 Å². The van der Waals surface area contributed by atoms with Gasteiger partial charge in [0.15, 0.2) is 5.82 Å². The van der Waals surface area contributed by atoms with Gasteiger partial charge in [-0.05, 0) is 6.92 Å². The van der Waals surface area contributed by atoms with Crippen LogP contribution < -0.4 is 11.1 Å². The van der Waals surface area contributed by atoms with Gasteiger partial charge in [-0.15, -0.1) is 0 Å². The number of hydrogen-bond donors (Lipinski definition) is 2. The normalized spacial score (nSPS) is 16.9. The number of anilines is 1. The summed E-state index contributed by atoms with van der Waals surface area (Å²) in [5.74, 6) is 0.947. The molecule has 9 heteroatoms. The smallest absolute Gasteiger partial charge is 0.239 e. The highest BCUT2D eigenvalue weighted by Crippen LogP contribution is 2.09. The number of ether oxygens (including phenoxy) is 1. The van der Waals surface area contributed by atoms with Gasteiger partial charge >= 0.3 is 0 Å². The lowest BCUT2D eigenvalue weighted by Crippen LogP contribution is -2.51. The number of methoxy groups -OCH3 is 1. The van der Waals surface area contributed by atoms with Gasteiger partial charge in [0.2, 0.25) is 11.8 Å². The number of amides is 2. The Morgan fingerprint density at radius 2 is 2.12 bits per heavy atom. The van der Waals surface area contributed by atoms with Crippen LogP contribution in [0.4, 0.5) is 5.82 Å². The third-order valence-corrected chi connectivity index (χ3v) is 3.99. The average Bonchev–Trinajstić information content (AvgIpc) is 2.97. The molecule has 1 aliphatic heterocycles. The van der Waals surface area contributed by atoms with Gasteiger partial charge in [-0.2, -0.15) is 0 Å². The van der Waals surface area contributed by atoms with Crippen LogP contribution in [0.25, 0.3) is 0 Å². The number of piperazine rings is 1. The zero-order valence-electron chi connectivity index (χ0n) is 14.2. The number of hydrogen-bond acceptors (Lipinski definition) is 7. The van der Waals surface area contributed by atoms with Gasteiger partial charge in [-0.25, -0.2) is 0 Å². The van der Waals surface area contributed by atoms with Crippen LogP contribution >= 0.6 is 0 Å². The molecule has 9 nitrogen and oxygen atoms in total. The van der Waals surface area contributed by atoms with Gasteiger partial charge in [-0.1, -0.05) is 5.16 Å². The first-order valence-corrected chi connectivity index (χ1v) is 7.98. The summed E-state index contributed by atoms with van der Waals surface area (Å²) in [6.07, 6.45) is 0.0474. The molecule has 24 heavy (non-hydrogen) atoms. The fourth-order valence-electron chi connectivity index (χ4n) is 2.55. The molecule has 0 aromatic carbocycles. The van der Waals surface area contributed by atoms with E-state index in [-0.39, 0.29) is 24.5 Å². The maximum atomic E-state index is 12.2. The Morgan fingerprint density at radius 1 is 1.42 bits per heavy atom. The zero-order valence-corrected chi connectivity index (χ0v) is 14.2. The fraction of sp³-hybridized carbons (Fsp3) is 0.667. The molecule has 0 saturated carbocycles. The molecule has 2 amide bonds. The molecule has 0 aliphatic carbocycles. The third-order valence-electron chi connectivity index (χ3n) is 3.99. The molecular formula is C15H25N5O4. The van der Waals surface area contributed by atoms with Gasteiger partial charge in [0, 0.05) is 45.9 Å². The van der Waals surface area contributed by atoms with E-state index in [0.29, 0.717) is 50.7 Å². The molecular weight excluding hydrogens is 314 g/mol. The zero-order chi connectivity index (χ0) is 17.5. The lowest BCUT2D eigenvalue weighted by molar-refractivity contribution is -0.135. The minimum absolute atomic E-state index is 0.0365. The molecule has 2 heterocycles. The van der Waals surface area contributed by atoms with Crippen LogP contribution in [0.5, 0.6) is 0 Å². The number of rotatable bonds is 7. The Bertz CT molecular complexity index is 550. The van der Waals surface area contributed by atoms with Crippen molar-refractivity contribution >= 4 is 17.6 Å². The van der Waals surface area contributed by atoms with E-state index in [1.165, 1.54) is 0 Å². The van der Waals surface area contributed by atoms with Crippen molar-refractivity contribution < 1.29 is 18.8 Å². The average molecular weight is 339 g/mol. The van der Waals surface area contributed by atoms with Crippen LogP contribution in [0.15, 0.2) is 10.6 Å². The maximum absolute atomic E-state index is 12.2. The maximum Gasteiger partial charge on any atom is 0.239 e. The fourth-order valence-corrected chi connectivity index (χ4v) is 2.55. The molecule has 1 unspecified atom stereocenters. The van der Waals surface area contributed by atoms with Crippen LogP contribution in [-0.2, 0) is 14.3 Å². The molecule has 1 aromatic rings. The molecule has 1 aliphatic rings. The first-order valence-electron chi connectivity index (χ1n) is 7.98. The Hall–Kier alpha value is -1.97. The number of nitrogens with two attached hydrogens (primary N) is 1. The van der Waals surface area contributed by atoms with Crippen LogP contribution in [0.3, 0.4) is 0 Å². The first kappa shape index (κ1) is 18.4. The van der Waals surface area contributed by atoms with E-state index < -0.39 is 0 Å². The highest BCUT2D eigenvalue weighted by atomic mass is 16.5. The van der Waals surface area contributed by atoms with E-state index in [2.05, 4.69) is 10.5 Å². The van der Waals surface area contributed by atoms with Crippen molar-refractivity contribution in [3.05, 3.63) is 11.8 Å². The summed E-state index contributed by atoms with van der Waals surface area (Å²) in [6.45, 7) is 4.83. The summed E-state index contributed by atoms with van der Waals surface area (Å²) >= 11 is 0. The molecule has 0 radical (unpaired) electrons. The van der Waals surface area contributed by atoms with E-state index in [9.17, 15) is 9.59 Å². The SMILES string of the molecule is COC(CN)CC(=O)N1CCN(CC(=O)Nc2cc(C)on2)CC1.